The minimum Gasteiger partial charge on any atom is -0.493 e. The highest BCUT2D eigenvalue weighted by Crippen LogP contribution is 2.36. The number of fused-ring (bicyclic) bond motifs is 2. The molecule has 0 aliphatic rings. The second-order valence-corrected chi connectivity index (χ2v) is 9.68. The minimum atomic E-state index is -0.495. The van der Waals surface area contributed by atoms with E-state index in [4.69, 9.17) is 23.6 Å². The molecule has 0 saturated carbocycles. The third-order valence-corrected chi connectivity index (χ3v) is 6.26. The van der Waals surface area contributed by atoms with Crippen molar-refractivity contribution in [3.63, 3.8) is 0 Å². The molecule has 0 atom stereocenters. The van der Waals surface area contributed by atoms with Crippen LogP contribution in [0.1, 0.15) is 19.4 Å². The molecule has 3 aromatic carbocycles. The Bertz CT molecular complexity index is 1740. The Morgan fingerprint density at radius 2 is 1.90 bits per heavy atom. The van der Waals surface area contributed by atoms with E-state index in [-0.39, 0.29) is 24.1 Å². The Balaban J connectivity index is 1.54. The second-order valence-electron chi connectivity index (χ2n) is 8.82. The van der Waals surface area contributed by atoms with Crippen LogP contribution in [0.3, 0.4) is 0 Å². The fraction of sp³-hybridized carbons (Fsp3) is 0.172. The highest BCUT2D eigenvalue weighted by atomic mass is 79.9. The molecule has 0 radical (unpaired) electrons. The van der Waals surface area contributed by atoms with Crippen molar-refractivity contribution in [1.82, 2.24) is 9.66 Å². The van der Waals surface area contributed by atoms with E-state index in [1.54, 1.807) is 44.2 Å². The predicted octanol–water partition coefficient (Wildman–Crippen LogP) is 5.79. The number of rotatable bonds is 8. The van der Waals surface area contributed by atoms with Crippen LogP contribution in [0, 0.1) is 0 Å². The molecule has 0 spiro atoms. The van der Waals surface area contributed by atoms with Crippen molar-refractivity contribution >= 4 is 50.0 Å². The van der Waals surface area contributed by atoms with Gasteiger partial charge in [0.1, 0.15) is 5.58 Å². The van der Waals surface area contributed by atoms with Crippen molar-refractivity contribution in [1.29, 1.82) is 0 Å². The minimum absolute atomic E-state index is 0.248. The van der Waals surface area contributed by atoms with Crippen LogP contribution < -0.4 is 15.0 Å². The van der Waals surface area contributed by atoms with Gasteiger partial charge in [0.25, 0.3) is 5.56 Å². The fourth-order valence-corrected chi connectivity index (χ4v) is 4.56. The van der Waals surface area contributed by atoms with Crippen LogP contribution in [0.4, 0.5) is 0 Å². The topological polar surface area (TPSA) is 105 Å². The number of ether oxygens (including phenoxy) is 3. The first kappa shape index (κ1) is 26.2. The molecule has 2 heterocycles. The molecule has 0 unspecified atom stereocenters. The second kappa shape index (κ2) is 11.1. The summed E-state index contributed by atoms with van der Waals surface area (Å²) < 4.78 is 24.0. The average molecular weight is 590 g/mol. The van der Waals surface area contributed by atoms with Crippen molar-refractivity contribution in [2.24, 2.45) is 5.10 Å². The zero-order valence-corrected chi connectivity index (χ0v) is 23.0. The van der Waals surface area contributed by atoms with Crippen molar-refractivity contribution < 1.29 is 23.4 Å². The number of methoxy groups -OCH3 is 1. The fourth-order valence-electron chi connectivity index (χ4n) is 3.99. The maximum atomic E-state index is 13.5. The summed E-state index contributed by atoms with van der Waals surface area (Å²) in [5, 5.41) is 5.79. The molecule has 10 heteroatoms. The molecule has 9 nitrogen and oxygen atoms in total. The summed E-state index contributed by atoms with van der Waals surface area (Å²) in [6.45, 7) is 3.25. The molecular weight excluding hydrogens is 566 g/mol. The Kier molecular flexibility index (Phi) is 7.47. The number of carbonyl (C=O) groups excluding carboxylic acids is 1. The molecule has 0 bridgehead atoms. The molecule has 5 aromatic rings. The largest absolute Gasteiger partial charge is 0.493 e. The molecule has 0 aliphatic carbocycles. The van der Waals surface area contributed by atoms with Crippen LogP contribution in [-0.2, 0) is 9.53 Å². The molecule has 2 aromatic heterocycles. The van der Waals surface area contributed by atoms with Gasteiger partial charge in [-0.25, -0.2) is 9.78 Å². The number of halogens is 1. The molecule has 0 amide bonds. The number of furan rings is 1. The Labute approximate surface area is 231 Å². The van der Waals surface area contributed by atoms with E-state index < -0.39 is 5.97 Å². The van der Waals surface area contributed by atoms with Gasteiger partial charge in [0.15, 0.2) is 23.9 Å². The van der Waals surface area contributed by atoms with Gasteiger partial charge in [-0.15, -0.1) is 0 Å². The monoisotopic (exact) mass is 589 g/mol. The maximum absolute atomic E-state index is 13.5. The van der Waals surface area contributed by atoms with Crippen LogP contribution in [0.25, 0.3) is 33.5 Å². The van der Waals surface area contributed by atoms with Gasteiger partial charge in [0.2, 0.25) is 5.82 Å². The lowest BCUT2D eigenvalue weighted by Crippen LogP contribution is -2.20. The zero-order valence-electron chi connectivity index (χ0n) is 21.4. The Morgan fingerprint density at radius 3 is 2.67 bits per heavy atom. The molecule has 0 fully saturated rings. The molecule has 5 rings (SSSR count). The summed E-state index contributed by atoms with van der Waals surface area (Å²) in [5.74, 6) is 0.881. The summed E-state index contributed by atoms with van der Waals surface area (Å²) >= 11 is 3.47. The van der Waals surface area contributed by atoms with Gasteiger partial charge >= 0.3 is 5.97 Å². The summed E-state index contributed by atoms with van der Waals surface area (Å²) in [7, 11) is 1.49. The predicted molar refractivity (Wildman–Crippen MR) is 152 cm³/mol. The lowest BCUT2D eigenvalue weighted by molar-refractivity contribution is -0.149. The first-order chi connectivity index (χ1) is 18.8. The first-order valence-corrected chi connectivity index (χ1v) is 12.9. The molecule has 0 N–H and O–H groups in total. The lowest BCUT2D eigenvalue weighted by atomic mass is 10.2. The van der Waals surface area contributed by atoms with Crippen LogP contribution in [0.15, 0.2) is 85.5 Å². The number of esters is 1. The average Bonchev–Trinajstić information content (AvgIpc) is 3.35. The van der Waals surface area contributed by atoms with Crippen LogP contribution in [-0.4, -0.2) is 41.7 Å². The Morgan fingerprint density at radius 1 is 1.13 bits per heavy atom. The van der Waals surface area contributed by atoms with E-state index in [1.165, 1.54) is 18.0 Å². The number of aromatic nitrogens is 2. The summed E-state index contributed by atoms with van der Waals surface area (Å²) in [4.78, 5) is 30.1. The highest BCUT2D eigenvalue weighted by Gasteiger charge is 2.17. The van der Waals surface area contributed by atoms with Crippen molar-refractivity contribution in [3.8, 4) is 23.1 Å². The molecule has 0 aliphatic heterocycles. The van der Waals surface area contributed by atoms with Gasteiger partial charge in [-0.3, -0.25) is 4.79 Å². The number of carbonyl (C=O) groups is 1. The summed E-state index contributed by atoms with van der Waals surface area (Å²) in [5.41, 5.74) is 1.46. The number of hydrogen-bond donors (Lipinski definition) is 0. The van der Waals surface area contributed by atoms with Gasteiger partial charge in [-0.1, -0.05) is 30.3 Å². The molecule has 39 heavy (non-hydrogen) atoms. The van der Waals surface area contributed by atoms with E-state index in [1.807, 2.05) is 36.4 Å². The SMILES string of the molecule is COc1cc(C=Nn2c(-c3cc4ccccc4o3)nc3ccccc3c2=O)cc(Br)c1OCC(=O)OC(C)C. The van der Waals surface area contributed by atoms with Gasteiger partial charge in [0, 0.05) is 5.39 Å². The van der Waals surface area contributed by atoms with Crippen molar-refractivity contribution in [3.05, 3.63) is 87.1 Å². The van der Waals surface area contributed by atoms with E-state index in [0.29, 0.717) is 43.8 Å². The van der Waals surface area contributed by atoms with Gasteiger partial charge < -0.3 is 18.6 Å². The van der Waals surface area contributed by atoms with Crippen LogP contribution in [0.5, 0.6) is 11.5 Å². The van der Waals surface area contributed by atoms with Gasteiger partial charge in [-0.05, 0) is 71.7 Å². The van der Waals surface area contributed by atoms with E-state index in [0.717, 1.165) is 5.39 Å². The van der Waals surface area contributed by atoms with Crippen LogP contribution in [0.2, 0.25) is 0 Å². The van der Waals surface area contributed by atoms with Gasteiger partial charge in [-0.2, -0.15) is 9.78 Å². The first-order valence-electron chi connectivity index (χ1n) is 12.1. The van der Waals surface area contributed by atoms with Crippen LogP contribution >= 0.6 is 15.9 Å². The van der Waals surface area contributed by atoms with E-state index >= 15 is 0 Å². The third kappa shape index (κ3) is 5.56. The van der Waals surface area contributed by atoms with Crippen molar-refractivity contribution in [2.45, 2.75) is 20.0 Å². The quantitative estimate of drug-likeness (QED) is 0.166. The molecule has 0 saturated heterocycles. The smallest absolute Gasteiger partial charge is 0.344 e. The van der Waals surface area contributed by atoms with Gasteiger partial charge in [0.05, 0.1) is 34.8 Å². The summed E-state index contributed by atoms with van der Waals surface area (Å²) in [6.07, 6.45) is 1.26. The molecular formula is C29H24BrN3O6. The number of para-hydroxylation sites is 2. The van der Waals surface area contributed by atoms with E-state index in [9.17, 15) is 9.59 Å². The van der Waals surface area contributed by atoms with E-state index in [2.05, 4.69) is 21.0 Å². The highest BCUT2D eigenvalue weighted by molar-refractivity contribution is 9.10. The molecule has 198 valence electrons. The lowest BCUT2D eigenvalue weighted by Gasteiger charge is -2.14. The maximum Gasteiger partial charge on any atom is 0.344 e. The normalized spacial score (nSPS) is 11.5. The Hall–Kier alpha value is -4.44. The number of nitrogens with zero attached hydrogens (tertiary/aromatic N) is 3. The number of hydrogen-bond acceptors (Lipinski definition) is 8. The zero-order chi connectivity index (χ0) is 27.5. The summed E-state index contributed by atoms with van der Waals surface area (Å²) in [6, 6.07) is 19.9. The van der Waals surface area contributed by atoms with Crippen molar-refractivity contribution in [2.75, 3.05) is 13.7 Å². The number of benzene rings is 3. The third-order valence-electron chi connectivity index (χ3n) is 5.68. The standard InChI is InChI=1S/C29H24BrN3O6/c1-17(2)38-26(34)16-37-27-21(30)12-18(13-24(27)36-3)15-31-33-28(25-14-19-8-4-7-11-23(19)39-25)32-22-10-6-5-9-20(22)29(33)35/h4-15,17H,16H2,1-3H3.